The normalized spacial score (nSPS) is 17.0. The fourth-order valence-electron chi connectivity index (χ4n) is 2.38. The molecule has 0 aromatic carbocycles. The minimum atomic E-state index is 0.313. The first-order valence-electron chi connectivity index (χ1n) is 6.27. The van der Waals surface area contributed by atoms with Gasteiger partial charge in [0.2, 0.25) is 5.95 Å². The second-order valence-corrected chi connectivity index (χ2v) is 5.50. The molecule has 1 aliphatic carbocycles. The zero-order valence-corrected chi connectivity index (χ0v) is 11.5. The van der Waals surface area contributed by atoms with E-state index in [0.29, 0.717) is 5.95 Å². The molecule has 1 aromatic heterocycles. The minimum absolute atomic E-state index is 0.313. The van der Waals surface area contributed by atoms with Crippen LogP contribution in [0.1, 0.15) is 38.5 Å². The molecule has 1 fully saturated rings. The lowest BCUT2D eigenvalue weighted by Gasteiger charge is -2.21. The molecule has 0 aliphatic heterocycles. The monoisotopic (exact) mass is 298 g/mol. The fraction of sp³-hybridized carbons (Fsp3) is 0.667. The van der Waals surface area contributed by atoms with Crippen LogP contribution in [0.4, 0.5) is 11.8 Å². The number of halogens is 1. The Hall–Kier alpha value is -0.840. The van der Waals surface area contributed by atoms with Crippen LogP contribution in [0.5, 0.6) is 0 Å². The molecule has 0 radical (unpaired) electrons. The summed E-state index contributed by atoms with van der Waals surface area (Å²) >= 11 is 3.41. The van der Waals surface area contributed by atoms with Gasteiger partial charge < -0.3 is 11.1 Å². The Morgan fingerprint density at radius 1 is 1.35 bits per heavy atom. The van der Waals surface area contributed by atoms with E-state index in [1.807, 2.05) is 0 Å². The zero-order valence-electron chi connectivity index (χ0n) is 9.95. The third-order valence-corrected chi connectivity index (χ3v) is 3.91. The van der Waals surface area contributed by atoms with Crippen molar-refractivity contribution in [1.29, 1.82) is 0 Å². The molecular formula is C12H19BrN4. The molecule has 0 saturated heterocycles. The summed E-state index contributed by atoms with van der Waals surface area (Å²) in [5, 5.41) is 3.32. The molecule has 5 heteroatoms. The van der Waals surface area contributed by atoms with E-state index in [1.54, 1.807) is 6.20 Å². The Kier molecular flexibility index (Phi) is 4.59. The van der Waals surface area contributed by atoms with Crippen molar-refractivity contribution >= 4 is 27.7 Å². The Morgan fingerprint density at radius 3 is 2.88 bits per heavy atom. The molecule has 4 nitrogen and oxygen atoms in total. The van der Waals surface area contributed by atoms with Crippen LogP contribution in [-0.4, -0.2) is 16.5 Å². The fourth-order valence-corrected chi connectivity index (χ4v) is 2.71. The molecule has 1 aromatic rings. The molecule has 1 saturated carbocycles. The van der Waals surface area contributed by atoms with Crippen molar-refractivity contribution in [1.82, 2.24) is 9.97 Å². The minimum Gasteiger partial charge on any atom is -0.369 e. The van der Waals surface area contributed by atoms with E-state index >= 15 is 0 Å². The third kappa shape index (κ3) is 3.84. The molecule has 0 bridgehead atoms. The van der Waals surface area contributed by atoms with Gasteiger partial charge in [0.1, 0.15) is 5.82 Å². The first-order chi connectivity index (χ1) is 8.25. The SMILES string of the molecule is Nc1ncc(Br)c(NCCC2CCCCC2)n1. The Balaban J connectivity index is 1.79. The molecule has 1 heterocycles. The molecule has 0 spiro atoms. The van der Waals surface area contributed by atoms with E-state index in [9.17, 15) is 0 Å². The lowest BCUT2D eigenvalue weighted by atomic mass is 9.87. The maximum Gasteiger partial charge on any atom is 0.221 e. The summed E-state index contributed by atoms with van der Waals surface area (Å²) < 4.78 is 0.871. The van der Waals surface area contributed by atoms with Gasteiger partial charge >= 0.3 is 0 Å². The first-order valence-corrected chi connectivity index (χ1v) is 7.07. The van der Waals surface area contributed by atoms with Crippen LogP contribution in [0.2, 0.25) is 0 Å². The number of nitrogen functional groups attached to an aromatic ring is 1. The first kappa shape index (κ1) is 12.6. The van der Waals surface area contributed by atoms with Gasteiger partial charge in [-0.1, -0.05) is 32.1 Å². The summed E-state index contributed by atoms with van der Waals surface area (Å²) in [5.41, 5.74) is 5.56. The van der Waals surface area contributed by atoms with Gasteiger partial charge in [0, 0.05) is 12.7 Å². The number of hydrogen-bond donors (Lipinski definition) is 2. The molecule has 1 aliphatic rings. The van der Waals surface area contributed by atoms with Gasteiger partial charge in [-0.15, -0.1) is 0 Å². The quantitative estimate of drug-likeness (QED) is 0.896. The summed E-state index contributed by atoms with van der Waals surface area (Å²) in [4.78, 5) is 8.08. The van der Waals surface area contributed by atoms with Crippen LogP contribution in [0, 0.1) is 5.92 Å². The summed E-state index contributed by atoms with van der Waals surface area (Å²) in [6.45, 7) is 0.958. The molecule has 3 N–H and O–H groups in total. The van der Waals surface area contributed by atoms with Crippen LogP contribution in [-0.2, 0) is 0 Å². The van der Waals surface area contributed by atoms with Crippen molar-refractivity contribution in [2.45, 2.75) is 38.5 Å². The lowest BCUT2D eigenvalue weighted by molar-refractivity contribution is 0.345. The van der Waals surface area contributed by atoms with Crippen molar-refractivity contribution in [3.8, 4) is 0 Å². The largest absolute Gasteiger partial charge is 0.369 e. The highest BCUT2D eigenvalue weighted by molar-refractivity contribution is 9.10. The van der Waals surface area contributed by atoms with Gasteiger partial charge in [0.25, 0.3) is 0 Å². The third-order valence-electron chi connectivity index (χ3n) is 3.33. The predicted molar refractivity (Wildman–Crippen MR) is 73.8 cm³/mol. The van der Waals surface area contributed by atoms with Gasteiger partial charge in [-0.2, -0.15) is 4.98 Å². The van der Waals surface area contributed by atoms with Gasteiger partial charge in [-0.3, -0.25) is 0 Å². The van der Waals surface area contributed by atoms with Gasteiger partial charge in [-0.25, -0.2) is 4.98 Å². The van der Waals surface area contributed by atoms with Crippen LogP contribution in [0.25, 0.3) is 0 Å². The van der Waals surface area contributed by atoms with Gasteiger partial charge in [0.15, 0.2) is 0 Å². The molecule has 17 heavy (non-hydrogen) atoms. The predicted octanol–water partition coefficient (Wildman–Crippen LogP) is 3.20. The van der Waals surface area contributed by atoms with E-state index in [-0.39, 0.29) is 0 Å². The second kappa shape index (κ2) is 6.19. The molecule has 0 unspecified atom stereocenters. The average molecular weight is 299 g/mol. The number of rotatable bonds is 4. The molecule has 0 amide bonds. The van der Waals surface area contributed by atoms with E-state index in [4.69, 9.17) is 5.73 Å². The van der Waals surface area contributed by atoms with E-state index in [0.717, 1.165) is 22.8 Å². The zero-order chi connectivity index (χ0) is 12.1. The summed E-state index contributed by atoms with van der Waals surface area (Å²) in [5.74, 6) is 2.00. The van der Waals surface area contributed by atoms with Crippen molar-refractivity contribution < 1.29 is 0 Å². The van der Waals surface area contributed by atoms with Gasteiger partial charge in [0.05, 0.1) is 4.47 Å². The Morgan fingerprint density at radius 2 is 2.12 bits per heavy atom. The van der Waals surface area contributed by atoms with E-state index in [2.05, 4.69) is 31.2 Å². The number of nitrogens with one attached hydrogen (secondary N) is 1. The maximum absolute atomic E-state index is 5.56. The van der Waals surface area contributed by atoms with Crippen LogP contribution >= 0.6 is 15.9 Å². The van der Waals surface area contributed by atoms with Crippen molar-refractivity contribution in [2.24, 2.45) is 5.92 Å². The number of hydrogen-bond acceptors (Lipinski definition) is 4. The van der Waals surface area contributed by atoms with Crippen molar-refractivity contribution in [3.05, 3.63) is 10.7 Å². The molecule has 94 valence electrons. The maximum atomic E-state index is 5.56. The number of aromatic nitrogens is 2. The highest BCUT2D eigenvalue weighted by Crippen LogP contribution is 2.26. The number of nitrogens with zero attached hydrogens (tertiary/aromatic N) is 2. The van der Waals surface area contributed by atoms with E-state index in [1.165, 1.54) is 38.5 Å². The highest BCUT2D eigenvalue weighted by atomic mass is 79.9. The van der Waals surface area contributed by atoms with Crippen LogP contribution in [0.3, 0.4) is 0 Å². The van der Waals surface area contributed by atoms with Gasteiger partial charge in [-0.05, 0) is 28.3 Å². The lowest BCUT2D eigenvalue weighted by Crippen LogP contribution is -2.13. The Bertz CT molecular complexity index is 364. The van der Waals surface area contributed by atoms with Crippen molar-refractivity contribution in [2.75, 3.05) is 17.6 Å². The Labute approximate surface area is 111 Å². The number of nitrogens with two attached hydrogens (primary N) is 1. The summed E-state index contributed by atoms with van der Waals surface area (Å²) in [6.07, 6.45) is 9.88. The smallest absolute Gasteiger partial charge is 0.221 e. The second-order valence-electron chi connectivity index (χ2n) is 4.64. The van der Waals surface area contributed by atoms with Crippen molar-refractivity contribution in [3.63, 3.8) is 0 Å². The standard InChI is InChI=1S/C12H19BrN4/c13-10-8-16-12(14)17-11(10)15-7-6-9-4-2-1-3-5-9/h8-9H,1-7H2,(H3,14,15,16,17). The van der Waals surface area contributed by atoms with E-state index < -0.39 is 0 Å². The average Bonchev–Trinajstić information content (AvgIpc) is 2.35. The number of anilines is 2. The topological polar surface area (TPSA) is 63.8 Å². The molecular weight excluding hydrogens is 280 g/mol. The van der Waals surface area contributed by atoms with Crippen LogP contribution in [0.15, 0.2) is 10.7 Å². The summed E-state index contributed by atoms with van der Waals surface area (Å²) in [7, 11) is 0. The molecule has 2 rings (SSSR count). The molecule has 0 atom stereocenters. The highest BCUT2D eigenvalue weighted by Gasteiger charge is 2.13. The van der Waals surface area contributed by atoms with Crippen LogP contribution < -0.4 is 11.1 Å². The summed E-state index contributed by atoms with van der Waals surface area (Å²) in [6, 6.07) is 0.